The van der Waals surface area contributed by atoms with Gasteiger partial charge in [-0.1, -0.05) is 0 Å². The van der Waals surface area contributed by atoms with E-state index < -0.39 is 11.4 Å². The van der Waals surface area contributed by atoms with Crippen LogP contribution in [-0.4, -0.2) is 23.6 Å². The maximum Gasteiger partial charge on any atom is 0.242 e. The Labute approximate surface area is 71.5 Å². The molecule has 0 aliphatic carbocycles. The molecule has 0 aromatic heterocycles. The Hall–Kier alpha value is -0.840. The number of primary amides is 1. The van der Waals surface area contributed by atoms with Gasteiger partial charge < -0.3 is 16.4 Å². The van der Waals surface area contributed by atoms with Gasteiger partial charge in [-0.25, -0.2) is 0 Å². The maximum atomic E-state index is 10.7. The molecule has 0 aliphatic rings. The van der Waals surface area contributed by atoms with Gasteiger partial charge in [0.05, 0.1) is 0 Å². The summed E-state index contributed by atoms with van der Waals surface area (Å²) in [4.78, 5) is 10.7. The molecule has 0 spiro atoms. The van der Waals surface area contributed by atoms with E-state index in [4.69, 9.17) is 18.0 Å². The fourth-order valence-electron chi connectivity index (χ4n) is 0.408. The Bertz CT molecular complexity index is 179. The quantitative estimate of drug-likeness (QED) is 0.488. The van der Waals surface area contributed by atoms with Gasteiger partial charge in [-0.05, 0) is 26.1 Å². The molecule has 64 valence electrons. The van der Waals surface area contributed by atoms with Crippen LogP contribution in [0.5, 0.6) is 0 Å². The highest BCUT2D eigenvalue weighted by atomic mass is 32.1. The molecule has 0 saturated carbocycles. The van der Waals surface area contributed by atoms with Crippen molar-refractivity contribution in [2.45, 2.75) is 19.4 Å². The van der Waals surface area contributed by atoms with Crippen molar-refractivity contribution in [2.75, 3.05) is 7.05 Å². The van der Waals surface area contributed by atoms with Crippen molar-refractivity contribution in [3.05, 3.63) is 0 Å². The zero-order valence-electron chi connectivity index (χ0n) is 6.89. The van der Waals surface area contributed by atoms with E-state index in [1.807, 2.05) is 0 Å². The molecule has 0 saturated heterocycles. The predicted molar refractivity (Wildman–Crippen MR) is 48.1 cm³/mol. The summed E-state index contributed by atoms with van der Waals surface area (Å²) in [6, 6.07) is 0. The molecular weight excluding hydrogens is 162 g/mol. The molecule has 4 nitrogen and oxygen atoms in total. The summed E-state index contributed by atoms with van der Waals surface area (Å²) in [5.41, 5.74) is 4.29. The van der Waals surface area contributed by atoms with Gasteiger partial charge in [-0.3, -0.25) is 4.79 Å². The van der Waals surface area contributed by atoms with Gasteiger partial charge in [-0.2, -0.15) is 0 Å². The summed E-state index contributed by atoms with van der Waals surface area (Å²) >= 11 is 4.79. The fraction of sp³-hybridized carbons (Fsp3) is 0.667. The molecule has 0 unspecified atom stereocenters. The van der Waals surface area contributed by atoms with Gasteiger partial charge in [-0.15, -0.1) is 0 Å². The summed E-state index contributed by atoms with van der Waals surface area (Å²) in [5.74, 6) is -0.435. The molecule has 0 aliphatic heterocycles. The third-order valence-electron chi connectivity index (χ3n) is 1.27. The second-order valence-corrected chi connectivity index (χ2v) is 3.10. The van der Waals surface area contributed by atoms with Crippen molar-refractivity contribution < 1.29 is 4.79 Å². The zero-order valence-corrected chi connectivity index (χ0v) is 7.71. The number of carbonyl (C=O) groups is 1. The van der Waals surface area contributed by atoms with Crippen LogP contribution in [0.15, 0.2) is 0 Å². The molecule has 11 heavy (non-hydrogen) atoms. The lowest BCUT2D eigenvalue weighted by Gasteiger charge is -2.23. The van der Waals surface area contributed by atoms with E-state index in [1.54, 1.807) is 20.9 Å². The number of carbonyl (C=O) groups excluding carboxylic acids is 1. The number of rotatable bonds is 2. The standard InChI is InChI=1S/C6H13N3OS/c1-6(2,4(7)10)9-5(11)8-3/h1-3H3,(H2,7,10)(H2,8,9,11). The molecule has 1 amide bonds. The van der Waals surface area contributed by atoms with E-state index in [1.165, 1.54) is 0 Å². The van der Waals surface area contributed by atoms with Crippen molar-refractivity contribution >= 4 is 23.2 Å². The summed E-state index contributed by atoms with van der Waals surface area (Å²) in [5, 5.41) is 5.85. The van der Waals surface area contributed by atoms with Gasteiger partial charge in [0.2, 0.25) is 5.91 Å². The predicted octanol–water partition coefficient (Wildman–Crippen LogP) is -0.656. The highest BCUT2D eigenvalue weighted by Crippen LogP contribution is 1.98. The fourth-order valence-corrected chi connectivity index (χ4v) is 0.663. The third-order valence-corrected chi connectivity index (χ3v) is 1.58. The monoisotopic (exact) mass is 175 g/mol. The number of nitrogens with one attached hydrogen (secondary N) is 2. The molecule has 0 fully saturated rings. The first-order chi connectivity index (χ1) is 4.90. The minimum absolute atomic E-state index is 0.411. The first kappa shape index (κ1) is 10.2. The molecule has 0 bridgehead atoms. The topological polar surface area (TPSA) is 67.2 Å². The lowest BCUT2D eigenvalue weighted by molar-refractivity contribution is -0.122. The van der Waals surface area contributed by atoms with E-state index in [2.05, 4.69) is 10.6 Å². The van der Waals surface area contributed by atoms with Crippen LogP contribution in [0.4, 0.5) is 0 Å². The van der Waals surface area contributed by atoms with Crippen LogP contribution in [0, 0.1) is 0 Å². The lowest BCUT2D eigenvalue weighted by Crippen LogP contribution is -2.55. The Morgan fingerprint density at radius 2 is 2.00 bits per heavy atom. The summed E-state index contributed by atoms with van der Waals surface area (Å²) in [6.07, 6.45) is 0. The average molecular weight is 175 g/mol. The molecule has 5 heteroatoms. The Kier molecular flexibility index (Phi) is 3.25. The van der Waals surface area contributed by atoms with Gasteiger partial charge in [0, 0.05) is 7.05 Å². The van der Waals surface area contributed by atoms with E-state index >= 15 is 0 Å². The van der Waals surface area contributed by atoms with Crippen molar-refractivity contribution in [3.8, 4) is 0 Å². The molecule has 0 heterocycles. The van der Waals surface area contributed by atoms with Gasteiger partial charge in [0.15, 0.2) is 5.11 Å². The number of thiocarbonyl (C=S) groups is 1. The van der Waals surface area contributed by atoms with E-state index in [0.717, 1.165) is 0 Å². The van der Waals surface area contributed by atoms with Crippen molar-refractivity contribution in [1.82, 2.24) is 10.6 Å². The Morgan fingerprint density at radius 3 is 2.27 bits per heavy atom. The molecule has 0 rings (SSSR count). The van der Waals surface area contributed by atoms with Crippen molar-refractivity contribution in [2.24, 2.45) is 5.73 Å². The van der Waals surface area contributed by atoms with Crippen LogP contribution in [-0.2, 0) is 4.79 Å². The molecule has 0 aromatic rings. The normalized spacial score (nSPS) is 10.5. The molecule has 0 aromatic carbocycles. The number of hydrogen-bond acceptors (Lipinski definition) is 2. The van der Waals surface area contributed by atoms with Crippen LogP contribution < -0.4 is 16.4 Å². The lowest BCUT2D eigenvalue weighted by atomic mass is 10.1. The van der Waals surface area contributed by atoms with Crippen molar-refractivity contribution in [3.63, 3.8) is 0 Å². The Morgan fingerprint density at radius 1 is 1.55 bits per heavy atom. The number of hydrogen-bond donors (Lipinski definition) is 3. The first-order valence-corrected chi connectivity index (χ1v) is 3.61. The maximum absolute atomic E-state index is 10.7. The smallest absolute Gasteiger partial charge is 0.242 e. The second-order valence-electron chi connectivity index (χ2n) is 2.69. The van der Waals surface area contributed by atoms with Crippen LogP contribution in [0.2, 0.25) is 0 Å². The highest BCUT2D eigenvalue weighted by Gasteiger charge is 2.24. The van der Waals surface area contributed by atoms with Crippen molar-refractivity contribution in [1.29, 1.82) is 0 Å². The first-order valence-electron chi connectivity index (χ1n) is 3.20. The summed E-state index contributed by atoms with van der Waals surface area (Å²) in [7, 11) is 1.67. The summed E-state index contributed by atoms with van der Waals surface area (Å²) < 4.78 is 0. The zero-order chi connectivity index (χ0) is 9.07. The van der Waals surface area contributed by atoms with Gasteiger partial charge >= 0.3 is 0 Å². The number of amides is 1. The molecular formula is C6H13N3OS. The molecule has 0 radical (unpaired) electrons. The highest BCUT2D eigenvalue weighted by molar-refractivity contribution is 7.80. The summed E-state index contributed by atoms with van der Waals surface area (Å²) in [6.45, 7) is 3.33. The second kappa shape index (κ2) is 3.52. The van der Waals surface area contributed by atoms with Crippen LogP contribution in [0.3, 0.4) is 0 Å². The van der Waals surface area contributed by atoms with Crippen LogP contribution in [0.25, 0.3) is 0 Å². The van der Waals surface area contributed by atoms with Gasteiger partial charge in [0.25, 0.3) is 0 Å². The average Bonchev–Trinajstić information content (AvgIpc) is 1.86. The van der Waals surface area contributed by atoms with Gasteiger partial charge in [0.1, 0.15) is 5.54 Å². The van der Waals surface area contributed by atoms with E-state index in [-0.39, 0.29) is 0 Å². The molecule has 4 N–H and O–H groups in total. The third kappa shape index (κ3) is 3.18. The largest absolute Gasteiger partial charge is 0.368 e. The minimum Gasteiger partial charge on any atom is -0.368 e. The van der Waals surface area contributed by atoms with Crippen LogP contribution in [0.1, 0.15) is 13.8 Å². The van der Waals surface area contributed by atoms with Crippen LogP contribution >= 0.6 is 12.2 Å². The Balaban J connectivity index is 4.12. The molecule has 0 atom stereocenters. The van der Waals surface area contributed by atoms with E-state index in [0.29, 0.717) is 5.11 Å². The minimum atomic E-state index is -0.792. The number of nitrogens with two attached hydrogens (primary N) is 1. The van der Waals surface area contributed by atoms with E-state index in [9.17, 15) is 4.79 Å². The SMILES string of the molecule is CNC(=S)NC(C)(C)C(N)=O.